The van der Waals surface area contributed by atoms with Crippen molar-refractivity contribution in [2.24, 2.45) is 0 Å². The van der Waals surface area contributed by atoms with E-state index in [0.717, 1.165) is 24.5 Å². The first-order chi connectivity index (χ1) is 11.6. The highest BCUT2D eigenvalue weighted by atomic mass is 35.5. The van der Waals surface area contributed by atoms with Gasteiger partial charge in [-0.1, -0.05) is 13.8 Å². The zero-order chi connectivity index (χ0) is 17.2. The smallest absolute Gasteiger partial charge is 0.119 e. The van der Waals surface area contributed by atoms with Crippen LogP contribution in [0.3, 0.4) is 0 Å². The molecule has 0 bridgehead atoms. The second kappa shape index (κ2) is 13.6. The molecule has 9 heteroatoms. The van der Waals surface area contributed by atoms with Gasteiger partial charge < -0.3 is 24.5 Å². The van der Waals surface area contributed by atoms with Gasteiger partial charge in [0, 0.05) is 19.1 Å². The molecule has 0 aliphatic rings. The zero-order valence-electron chi connectivity index (χ0n) is 15.1. The van der Waals surface area contributed by atoms with Crippen LogP contribution in [0.4, 0.5) is 0 Å². The first-order valence-electron chi connectivity index (χ1n) is 8.23. The van der Waals surface area contributed by atoms with Gasteiger partial charge in [-0.25, -0.2) is 0 Å². The third-order valence-electron chi connectivity index (χ3n) is 3.32. The van der Waals surface area contributed by atoms with Gasteiger partial charge in [-0.3, -0.25) is 0 Å². The Bertz CT molecular complexity index is 568. The molecule has 1 heterocycles. The van der Waals surface area contributed by atoms with Crippen molar-refractivity contribution in [3.05, 3.63) is 36.9 Å². The fraction of sp³-hybridized carbons (Fsp3) is 0.529. The Hall–Kier alpha value is -1.54. The number of nitrogens with zero attached hydrogens (tertiary/aromatic N) is 3. The number of aliphatic hydroxyl groups is 1. The van der Waals surface area contributed by atoms with Crippen molar-refractivity contribution in [2.45, 2.75) is 39.0 Å². The molecule has 0 fully saturated rings. The maximum absolute atomic E-state index is 9.81. The van der Waals surface area contributed by atoms with Crippen LogP contribution < -0.4 is 14.8 Å². The minimum Gasteiger partial charge on any atom is -0.494 e. The summed E-state index contributed by atoms with van der Waals surface area (Å²) >= 11 is 0. The molecular formula is C17H28Cl2N4O3. The van der Waals surface area contributed by atoms with Crippen molar-refractivity contribution in [3.63, 3.8) is 0 Å². The first kappa shape index (κ1) is 24.5. The summed E-state index contributed by atoms with van der Waals surface area (Å²) in [6.07, 6.45) is 3.74. The van der Waals surface area contributed by atoms with Crippen LogP contribution in [0.1, 0.15) is 20.3 Å². The van der Waals surface area contributed by atoms with Gasteiger partial charge in [-0.05, 0) is 30.7 Å². The van der Waals surface area contributed by atoms with Crippen LogP contribution in [0.2, 0.25) is 0 Å². The molecule has 26 heavy (non-hydrogen) atoms. The fourth-order valence-corrected chi connectivity index (χ4v) is 2.03. The van der Waals surface area contributed by atoms with Crippen LogP contribution in [0, 0.1) is 0 Å². The quantitative estimate of drug-likeness (QED) is 0.557. The number of rotatable bonds is 11. The summed E-state index contributed by atoms with van der Waals surface area (Å²) in [5, 5.41) is 20.5. The summed E-state index contributed by atoms with van der Waals surface area (Å²) in [4.78, 5) is 0. The molecule has 2 N–H and O–H groups in total. The molecule has 0 radical (unpaired) electrons. The molecule has 0 spiro atoms. The largest absolute Gasteiger partial charge is 0.494 e. The molecule has 1 aromatic carbocycles. The lowest BCUT2D eigenvalue weighted by Crippen LogP contribution is -2.35. The highest BCUT2D eigenvalue weighted by Crippen LogP contribution is 2.18. The SMILES string of the molecule is CC(C)NCC(O)COc1ccc(OCCCn2cnnc2)cc1.Cl.Cl. The fourth-order valence-electron chi connectivity index (χ4n) is 2.03. The van der Waals surface area contributed by atoms with Crippen molar-refractivity contribution >= 4 is 24.8 Å². The molecule has 0 saturated carbocycles. The second-order valence-electron chi connectivity index (χ2n) is 5.90. The van der Waals surface area contributed by atoms with Crippen molar-refractivity contribution in [1.29, 1.82) is 0 Å². The highest BCUT2D eigenvalue weighted by Gasteiger charge is 2.06. The minimum absolute atomic E-state index is 0. The maximum atomic E-state index is 9.81. The maximum Gasteiger partial charge on any atom is 0.119 e. The number of nitrogens with one attached hydrogen (secondary N) is 1. The predicted molar refractivity (Wildman–Crippen MR) is 106 cm³/mol. The normalized spacial score (nSPS) is 11.4. The lowest BCUT2D eigenvalue weighted by molar-refractivity contribution is 0.104. The van der Waals surface area contributed by atoms with Crippen molar-refractivity contribution in [3.8, 4) is 11.5 Å². The van der Waals surface area contributed by atoms with Gasteiger partial charge in [0.1, 0.15) is 36.9 Å². The van der Waals surface area contributed by atoms with Crippen LogP contribution in [0.25, 0.3) is 0 Å². The Kier molecular flexibility index (Phi) is 12.8. The van der Waals surface area contributed by atoms with Crippen molar-refractivity contribution in [1.82, 2.24) is 20.1 Å². The molecule has 1 aromatic heterocycles. The number of hydrogen-bond donors (Lipinski definition) is 2. The van der Waals surface area contributed by atoms with Crippen LogP contribution >= 0.6 is 24.8 Å². The van der Waals surface area contributed by atoms with E-state index in [0.29, 0.717) is 19.2 Å². The number of aromatic nitrogens is 3. The topological polar surface area (TPSA) is 81.4 Å². The molecule has 2 aromatic rings. The third-order valence-corrected chi connectivity index (χ3v) is 3.32. The summed E-state index contributed by atoms with van der Waals surface area (Å²) in [6, 6.07) is 7.77. The Morgan fingerprint density at radius 3 is 2.19 bits per heavy atom. The van der Waals surface area contributed by atoms with E-state index in [9.17, 15) is 5.11 Å². The van der Waals surface area contributed by atoms with Crippen LogP contribution in [-0.2, 0) is 6.54 Å². The van der Waals surface area contributed by atoms with Gasteiger partial charge in [-0.2, -0.15) is 0 Å². The number of hydrogen-bond acceptors (Lipinski definition) is 6. The van der Waals surface area contributed by atoms with Gasteiger partial charge >= 0.3 is 0 Å². The lowest BCUT2D eigenvalue weighted by atomic mass is 10.3. The number of aryl methyl sites for hydroxylation is 1. The summed E-state index contributed by atoms with van der Waals surface area (Å²) in [5.41, 5.74) is 0. The first-order valence-corrected chi connectivity index (χ1v) is 8.23. The minimum atomic E-state index is -0.527. The van der Waals surface area contributed by atoms with Crippen molar-refractivity contribution in [2.75, 3.05) is 19.8 Å². The van der Waals surface area contributed by atoms with E-state index in [1.807, 2.05) is 42.7 Å². The van der Waals surface area contributed by atoms with Gasteiger partial charge in [0.15, 0.2) is 0 Å². The van der Waals surface area contributed by atoms with E-state index in [2.05, 4.69) is 15.5 Å². The number of halogens is 2. The molecule has 1 atom stereocenters. The molecular weight excluding hydrogens is 379 g/mol. The number of ether oxygens (including phenoxy) is 2. The average Bonchev–Trinajstić information content (AvgIpc) is 3.09. The van der Waals surface area contributed by atoms with Gasteiger partial charge in [0.2, 0.25) is 0 Å². The van der Waals surface area contributed by atoms with Crippen LogP contribution in [0.5, 0.6) is 11.5 Å². The molecule has 0 amide bonds. The standard InChI is InChI=1S/C17H26N4O3.2ClH/c1-14(2)18-10-15(22)11-24-17-6-4-16(5-7-17)23-9-3-8-21-12-19-20-13-21;;/h4-7,12-15,18,22H,3,8-11H2,1-2H3;2*1H. The zero-order valence-corrected chi connectivity index (χ0v) is 16.7. The summed E-state index contributed by atoms with van der Waals surface area (Å²) in [6.45, 7) is 6.32. The van der Waals surface area contributed by atoms with Gasteiger partial charge in [0.05, 0.1) is 6.61 Å². The van der Waals surface area contributed by atoms with Crippen LogP contribution in [-0.4, -0.2) is 51.8 Å². The molecule has 0 aliphatic heterocycles. The average molecular weight is 407 g/mol. The van der Waals surface area contributed by atoms with E-state index < -0.39 is 6.10 Å². The second-order valence-corrected chi connectivity index (χ2v) is 5.90. The van der Waals surface area contributed by atoms with E-state index in [1.54, 1.807) is 12.7 Å². The Balaban J connectivity index is 0.00000312. The Morgan fingerprint density at radius 2 is 1.62 bits per heavy atom. The summed E-state index contributed by atoms with van der Waals surface area (Å²) < 4.78 is 13.2. The summed E-state index contributed by atoms with van der Waals surface area (Å²) in [7, 11) is 0. The molecule has 148 valence electrons. The van der Waals surface area contributed by atoms with Crippen LogP contribution in [0.15, 0.2) is 36.9 Å². The van der Waals surface area contributed by atoms with E-state index >= 15 is 0 Å². The third kappa shape index (κ3) is 9.82. The van der Waals surface area contributed by atoms with E-state index in [4.69, 9.17) is 9.47 Å². The summed E-state index contributed by atoms with van der Waals surface area (Å²) in [5.74, 6) is 1.52. The molecule has 0 aliphatic carbocycles. The molecule has 7 nitrogen and oxygen atoms in total. The monoisotopic (exact) mass is 406 g/mol. The van der Waals surface area contributed by atoms with E-state index in [1.165, 1.54) is 0 Å². The number of benzene rings is 1. The van der Waals surface area contributed by atoms with E-state index in [-0.39, 0.29) is 31.4 Å². The lowest BCUT2D eigenvalue weighted by Gasteiger charge is -2.15. The molecule has 0 saturated heterocycles. The highest BCUT2D eigenvalue weighted by molar-refractivity contribution is 5.85. The molecule has 2 rings (SSSR count). The predicted octanol–water partition coefficient (Wildman–Crippen LogP) is 2.33. The Labute approximate surface area is 166 Å². The van der Waals surface area contributed by atoms with Gasteiger partial charge in [0.25, 0.3) is 0 Å². The van der Waals surface area contributed by atoms with Gasteiger partial charge in [-0.15, -0.1) is 35.0 Å². The van der Waals surface area contributed by atoms with Crippen molar-refractivity contribution < 1.29 is 14.6 Å². The molecule has 1 unspecified atom stereocenters. The Morgan fingerprint density at radius 1 is 1.04 bits per heavy atom. The number of aliphatic hydroxyl groups excluding tert-OH is 1.